The molecule has 2 aliphatic rings. The molecule has 4 unspecified atom stereocenters. The summed E-state index contributed by atoms with van der Waals surface area (Å²) in [6.07, 6.45) is 3.11. The molecule has 4 atom stereocenters. The van der Waals surface area contributed by atoms with Crippen molar-refractivity contribution in [3.63, 3.8) is 0 Å². The van der Waals surface area contributed by atoms with Crippen LogP contribution in [0.3, 0.4) is 0 Å². The number of amides is 1. The topological polar surface area (TPSA) is 71.6 Å². The predicted molar refractivity (Wildman–Crippen MR) is 86.0 cm³/mol. The van der Waals surface area contributed by atoms with Gasteiger partial charge in [-0.05, 0) is 53.5 Å². The molecule has 1 heterocycles. The number of alkyl carbamates (subject to hydrolysis) is 1. The van der Waals surface area contributed by atoms with E-state index in [2.05, 4.69) is 16.0 Å². The van der Waals surface area contributed by atoms with Crippen LogP contribution in [-0.2, 0) is 9.47 Å². The Bertz CT molecular complexity index is 364. The summed E-state index contributed by atoms with van der Waals surface area (Å²) in [5, 5.41) is 10.00. The number of hydrogen-bond donors (Lipinski definition) is 3. The number of hydrogen-bond acceptors (Lipinski definition) is 5. The average molecular weight is 313 g/mol. The maximum absolute atomic E-state index is 11.9. The first kappa shape index (κ1) is 17.5. The van der Waals surface area contributed by atoms with Crippen LogP contribution in [-0.4, -0.2) is 55.6 Å². The summed E-state index contributed by atoms with van der Waals surface area (Å²) in [6, 6.07) is 0.771. The molecule has 128 valence electrons. The lowest BCUT2D eigenvalue weighted by Gasteiger charge is -2.45. The largest absolute Gasteiger partial charge is 0.444 e. The van der Waals surface area contributed by atoms with Gasteiger partial charge in [0.05, 0.1) is 18.2 Å². The lowest BCUT2D eigenvalue weighted by Crippen LogP contribution is -2.67. The number of ether oxygens (including phenoxy) is 2. The van der Waals surface area contributed by atoms with Crippen LogP contribution in [0.2, 0.25) is 0 Å². The first-order chi connectivity index (χ1) is 10.4. The first-order valence-corrected chi connectivity index (χ1v) is 8.47. The van der Waals surface area contributed by atoms with Gasteiger partial charge in [0.15, 0.2) is 0 Å². The molecule has 0 aromatic rings. The average Bonchev–Trinajstić information content (AvgIpc) is 2.88. The van der Waals surface area contributed by atoms with Crippen LogP contribution in [0.15, 0.2) is 0 Å². The zero-order chi connectivity index (χ0) is 16.2. The summed E-state index contributed by atoms with van der Waals surface area (Å²) >= 11 is 0. The molecule has 1 saturated heterocycles. The molecule has 0 aromatic heterocycles. The Hall–Kier alpha value is -0.850. The molecule has 3 N–H and O–H groups in total. The van der Waals surface area contributed by atoms with Crippen LogP contribution >= 0.6 is 0 Å². The Labute approximate surface area is 133 Å². The van der Waals surface area contributed by atoms with Crippen LogP contribution in [0.1, 0.15) is 47.0 Å². The molecule has 6 nitrogen and oxygen atoms in total. The second-order valence-corrected chi connectivity index (χ2v) is 7.21. The molecule has 0 radical (unpaired) electrons. The quantitative estimate of drug-likeness (QED) is 0.691. The molecule has 2 fully saturated rings. The fraction of sp³-hybridized carbons (Fsp3) is 0.938. The minimum Gasteiger partial charge on any atom is -0.444 e. The Morgan fingerprint density at radius 2 is 2.14 bits per heavy atom. The Morgan fingerprint density at radius 1 is 1.36 bits per heavy atom. The second-order valence-electron chi connectivity index (χ2n) is 7.21. The molecule has 0 bridgehead atoms. The lowest BCUT2D eigenvalue weighted by atomic mass is 9.82. The van der Waals surface area contributed by atoms with E-state index in [9.17, 15) is 4.79 Å². The van der Waals surface area contributed by atoms with Crippen molar-refractivity contribution in [2.45, 2.75) is 76.8 Å². The van der Waals surface area contributed by atoms with E-state index in [-0.39, 0.29) is 24.3 Å². The molecule has 1 saturated carbocycles. The van der Waals surface area contributed by atoms with Crippen molar-refractivity contribution >= 4 is 6.09 Å². The smallest absolute Gasteiger partial charge is 0.407 e. The van der Waals surface area contributed by atoms with Crippen molar-refractivity contribution in [3.8, 4) is 0 Å². The van der Waals surface area contributed by atoms with E-state index in [0.29, 0.717) is 12.6 Å². The molecule has 6 heteroatoms. The molecular weight excluding hydrogens is 282 g/mol. The third-order valence-electron chi connectivity index (χ3n) is 4.17. The van der Waals surface area contributed by atoms with E-state index in [4.69, 9.17) is 9.47 Å². The minimum atomic E-state index is -0.468. The van der Waals surface area contributed by atoms with Crippen molar-refractivity contribution in [2.75, 3.05) is 19.7 Å². The van der Waals surface area contributed by atoms with Crippen molar-refractivity contribution in [1.82, 2.24) is 16.0 Å². The number of rotatable bonds is 6. The van der Waals surface area contributed by atoms with Crippen molar-refractivity contribution < 1.29 is 14.3 Å². The minimum absolute atomic E-state index is 0.0767. The summed E-state index contributed by atoms with van der Waals surface area (Å²) in [4.78, 5) is 11.9. The van der Waals surface area contributed by atoms with E-state index in [1.165, 1.54) is 12.8 Å². The fourth-order valence-corrected chi connectivity index (χ4v) is 3.08. The number of carbonyl (C=O) groups excluding carboxylic acids is 1. The van der Waals surface area contributed by atoms with Gasteiger partial charge in [-0.25, -0.2) is 4.79 Å². The predicted octanol–water partition coefficient (Wildman–Crippen LogP) is 1.40. The third kappa shape index (κ3) is 5.11. The maximum Gasteiger partial charge on any atom is 0.407 e. The normalized spacial score (nSPS) is 31.6. The monoisotopic (exact) mass is 313 g/mol. The zero-order valence-corrected chi connectivity index (χ0v) is 14.3. The van der Waals surface area contributed by atoms with Gasteiger partial charge >= 0.3 is 6.09 Å². The molecule has 1 aliphatic heterocycles. The van der Waals surface area contributed by atoms with Gasteiger partial charge in [-0.1, -0.05) is 0 Å². The molecule has 1 aliphatic carbocycles. The Balaban J connectivity index is 1.80. The summed E-state index contributed by atoms with van der Waals surface area (Å²) < 4.78 is 11.1. The standard InChI is InChI=1S/C16H31N3O3/c1-5-21-13-9-12(19-15(20)22-16(2,3)4)14(13)18-10-11-7-6-8-17-11/h11-14,17-18H,5-10H2,1-4H3,(H,19,20). The third-order valence-corrected chi connectivity index (χ3v) is 4.17. The highest BCUT2D eigenvalue weighted by molar-refractivity contribution is 5.68. The summed E-state index contributed by atoms with van der Waals surface area (Å²) in [6.45, 7) is 10.3. The molecule has 2 rings (SSSR count). The first-order valence-electron chi connectivity index (χ1n) is 8.47. The maximum atomic E-state index is 11.9. The van der Waals surface area contributed by atoms with E-state index < -0.39 is 5.60 Å². The highest BCUT2D eigenvalue weighted by Gasteiger charge is 2.43. The summed E-state index contributed by atoms with van der Waals surface area (Å²) in [5.41, 5.74) is -0.468. The molecule has 22 heavy (non-hydrogen) atoms. The van der Waals surface area contributed by atoms with Gasteiger partial charge in [0.2, 0.25) is 0 Å². The molecule has 0 aromatic carbocycles. The highest BCUT2D eigenvalue weighted by Crippen LogP contribution is 2.25. The van der Waals surface area contributed by atoms with Gasteiger partial charge < -0.3 is 25.4 Å². The van der Waals surface area contributed by atoms with Crippen molar-refractivity contribution in [3.05, 3.63) is 0 Å². The van der Waals surface area contributed by atoms with E-state index in [0.717, 1.165) is 19.5 Å². The van der Waals surface area contributed by atoms with Crippen molar-refractivity contribution in [1.29, 1.82) is 0 Å². The van der Waals surface area contributed by atoms with Gasteiger partial charge in [-0.3, -0.25) is 0 Å². The van der Waals surface area contributed by atoms with E-state index in [1.54, 1.807) is 0 Å². The second kappa shape index (κ2) is 7.62. The van der Waals surface area contributed by atoms with Crippen LogP contribution in [0.5, 0.6) is 0 Å². The molecule has 0 spiro atoms. The van der Waals surface area contributed by atoms with E-state index >= 15 is 0 Å². The highest BCUT2D eigenvalue weighted by atomic mass is 16.6. The lowest BCUT2D eigenvalue weighted by molar-refractivity contribution is -0.0435. The van der Waals surface area contributed by atoms with E-state index in [1.807, 2.05) is 27.7 Å². The van der Waals surface area contributed by atoms with Gasteiger partial charge in [-0.2, -0.15) is 0 Å². The van der Waals surface area contributed by atoms with Gasteiger partial charge in [0.25, 0.3) is 0 Å². The van der Waals surface area contributed by atoms with Gasteiger partial charge in [-0.15, -0.1) is 0 Å². The number of carbonyl (C=O) groups is 1. The van der Waals surface area contributed by atoms with Crippen LogP contribution < -0.4 is 16.0 Å². The molecular formula is C16H31N3O3. The number of nitrogens with one attached hydrogen (secondary N) is 3. The Morgan fingerprint density at radius 3 is 2.73 bits per heavy atom. The van der Waals surface area contributed by atoms with Crippen LogP contribution in [0.4, 0.5) is 4.79 Å². The summed E-state index contributed by atoms with van der Waals surface area (Å²) in [7, 11) is 0. The van der Waals surface area contributed by atoms with Crippen LogP contribution in [0, 0.1) is 0 Å². The van der Waals surface area contributed by atoms with Crippen molar-refractivity contribution in [2.24, 2.45) is 0 Å². The SMILES string of the molecule is CCOC1CC(NC(=O)OC(C)(C)C)C1NCC1CCCN1. The van der Waals surface area contributed by atoms with Gasteiger partial charge in [0, 0.05) is 19.2 Å². The Kier molecular flexibility index (Phi) is 6.06. The van der Waals surface area contributed by atoms with Gasteiger partial charge in [0.1, 0.15) is 5.60 Å². The summed E-state index contributed by atoms with van der Waals surface area (Å²) in [5.74, 6) is 0. The van der Waals surface area contributed by atoms with Crippen LogP contribution in [0.25, 0.3) is 0 Å². The fourth-order valence-electron chi connectivity index (χ4n) is 3.08. The zero-order valence-electron chi connectivity index (χ0n) is 14.3. The molecule has 1 amide bonds.